The fraction of sp³-hybridized carbons (Fsp3) is 0.550. The number of likely N-dealkylation sites (tertiary alicyclic amines) is 1. The van der Waals surface area contributed by atoms with E-state index in [0.29, 0.717) is 12.3 Å². The number of ether oxygens (including phenoxy) is 1. The summed E-state index contributed by atoms with van der Waals surface area (Å²) in [5.41, 5.74) is -0.298. The molecule has 1 aliphatic rings. The fourth-order valence-corrected chi connectivity index (χ4v) is 2.97. The first-order valence-electron chi connectivity index (χ1n) is 9.39. The molecule has 2 atom stereocenters. The van der Waals surface area contributed by atoms with Gasteiger partial charge in [-0.2, -0.15) is 0 Å². The minimum Gasteiger partial charge on any atom is -0.508 e. The van der Waals surface area contributed by atoms with E-state index >= 15 is 0 Å². The van der Waals surface area contributed by atoms with Crippen LogP contribution < -0.4 is 15.4 Å². The average molecular weight is 391 g/mol. The number of amides is 3. The summed E-state index contributed by atoms with van der Waals surface area (Å²) in [4.78, 5) is 38.1. The van der Waals surface area contributed by atoms with Crippen LogP contribution in [0.25, 0.3) is 0 Å². The maximum Gasteiger partial charge on any atom is 0.260 e. The second kappa shape index (κ2) is 8.95. The zero-order chi connectivity index (χ0) is 20.9. The molecular formula is C20H29N3O5. The Hall–Kier alpha value is -2.77. The van der Waals surface area contributed by atoms with Gasteiger partial charge in [0.25, 0.3) is 5.91 Å². The Morgan fingerprint density at radius 2 is 1.82 bits per heavy atom. The lowest BCUT2D eigenvalue weighted by atomic mass is 10.1. The highest BCUT2D eigenvalue weighted by Crippen LogP contribution is 2.25. The number of nitrogens with one attached hydrogen (secondary N) is 2. The molecule has 8 nitrogen and oxygen atoms in total. The van der Waals surface area contributed by atoms with Crippen LogP contribution in [0.2, 0.25) is 0 Å². The topological polar surface area (TPSA) is 108 Å². The summed E-state index contributed by atoms with van der Waals surface area (Å²) in [6.07, 6.45) is -0.500. The third-order valence-corrected chi connectivity index (χ3v) is 4.55. The van der Waals surface area contributed by atoms with Crippen LogP contribution >= 0.6 is 0 Å². The SMILES string of the molecule is CC(Oc1ccc(O)cc1)C(=O)NCCNC(=O)C1CC(=O)N(C(C)(C)C)C1. The van der Waals surface area contributed by atoms with Gasteiger partial charge in [-0.25, -0.2) is 0 Å². The number of nitrogens with zero attached hydrogens (tertiary/aromatic N) is 1. The largest absolute Gasteiger partial charge is 0.508 e. The van der Waals surface area contributed by atoms with Crippen molar-refractivity contribution in [3.05, 3.63) is 24.3 Å². The molecule has 1 aromatic rings. The number of aromatic hydroxyl groups is 1. The van der Waals surface area contributed by atoms with Crippen molar-refractivity contribution in [3.8, 4) is 11.5 Å². The summed E-state index contributed by atoms with van der Waals surface area (Å²) in [6.45, 7) is 8.41. The number of phenolic OH excluding ortho intramolecular Hbond substituents is 1. The van der Waals surface area contributed by atoms with Crippen LogP contribution in [0.15, 0.2) is 24.3 Å². The molecule has 8 heteroatoms. The predicted molar refractivity (Wildman–Crippen MR) is 104 cm³/mol. The van der Waals surface area contributed by atoms with E-state index < -0.39 is 6.10 Å². The lowest BCUT2D eigenvalue weighted by Crippen LogP contribution is -2.44. The van der Waals surface area contributed by atoms with Gasteiger partial charge in [-0.05, 0) is 52.0 Å². The van der Waals surface area contributed by atoms with E-state index in [-0.39, 0.29) is 54.4 Å². The van der Waals surface area contributed by atoms with E-state index in [4.69, 9.17) is 4.74 Å². The number of benzene rings is 1. The molecule has 0 spiro atoms. The lowest BCUT2D eigenvalue weighted by molar-refractivity contribution is -0.132. The van der Waals surface area contributed by atoms with Crippen LogP contribution in [-0.2, 0) is 14.4 Å². The Bertz CT molecular complexity index is 712. The molecule has 0 bridgehead atoms. The Morgan fingerprint density at radius 3 is 2.39 bits per heavy atom. The normalized spacial score (nSPS) is 17.9. The van der Waals surface area contributed by atoms with E-state index in [1.807, 2.05) is 20.8 Å². The van der Waals surface area contributed by atoms with Crippen molar-refractivity contribution in [2.75, 3.05) is 19.6 Å². The summed E-state index contributed by atoms with van der Waals surface area (Å²) < 4.78 is 5.49. The molecule has 1 aromatic carbocycles. The molecule has 1 saturated heterocycles. The summed E-state index contributed by atoms with van der Waals surface area (Å²) in [5, 5.41) is 14.7. The second-order valence-corrected chi connectivity index (χ2v) is 7.91. The number of hydrogen-bond donors (Lipinski definition) is 3. The third kappa shape index (κ3) is 5.87. The number of carbonyl (C=O) groups is 3. The molecule has 2 rings (SSSR count). The quantitative estimate of drug-likeness (QED) is 0.602. The molecule has 1 fully saturated rings. The number of hydrogen-bond acceptors (Lipinski definition) is 5. The number of phenols is 1. The Labute approximate surface area is 165 Å². The van der Waals surface area contributed by atoms with E-state index in [2.05, 4.69) is 10.6 Å². The number of rotatable bonds is 7. The highest BCUT2D eigenvalue weighted by atomic mass is 16.5. The van der Waals surface area contributed by atoms with E-state index in [1.54, 1.807) is 24.0 Å². The molecule has 0 aromatic heterocycles. The molecule has 1 aliphatic heterocycles. The van der Waals surface area contributed by atoms with Crippen molar-refractivity contribution < 1.29 is 24.2 Å². The molecule has 3 amide bonds. The van der Waals surface area contributed by atoms with Gasteiger partial charge in [-0.15, -0.1) is 0 Å². The van der Waals surface area contributed by atoms with Gasteiger partial charge in [-0.1, -0.05) is 0 Å². The minimum atomic E-state index is -0.715. The first-order valence-corrected chi connectivity index (χ1v) is 9.39. The van der Waals surface area contributed by atoms with Crippen LogP contribution in [0.5, 0.6) is 11.5 Å². The lowest BCUT2D eigenvalue weighted by Gasteiger charge is -2.31. The van der Waals surface area contributed by atoms with Gasteiger partial charge in [0.15, 0.2) is 6.10 Å². The monoisotopic (exact) mass is 391 g/mol. The maximum absolute atomic E-state index is 12.3. The van der Waals surface area contributed by atoms with Crippen LogP contribution in [0, 0.1) is 5.92 Å². The maximum atomic E-state index is 12.3. The molecule has 0 radical (unpaired) electrons. The van der Waals surface area contributed by atoms with Crippen LogP contribution in [0.1, 0.15) is 34.1 Å². The third-order valence-electron chi connectivity index (χ3n) is 4.55. The summed E-state index contributed by atoms with van der Waals surface area (Å²) in [7, 11) is 0. The highest BCUT2D eigenvalue weighted by molar-refractivity contribution is 5.89. The van der Waals surface area contributed by atoms with E-state index in [1.165, 1.54) is 12.1 Å². The van der Waals surface area contributed by atoms with Crippen molar-refractivity contribution in [1.82, 2.24) is 15.5 Å². The molecule has 0 aliphatic carbocycles. The highest BCUT2D eigenvalue weighted by Gasteiger charge is 2.39. The van der Waals surface area contributed by atoms with Crippen molar-refractivity contribution in [2.45, 2.75) is 45.8 Å². The van der Waals surface area contributed by atoms with Crippen molar-refractivity contribution >= 4 is 17.7 Å². The molecule has 0 saturated carbocycles. The first kappa shape index (κ1) is 21.5. The summed E-state index contributed by atoms with van der Waals surface area (Å²) in [5.74, 6) is -0.266. The summed E-state index contributed by atoms with van der Waals surface area (Å²) in [6, 6.07) is 6.10. The van der Waals surface area contributed by atoms with Gasteiger partial charge >= 0.3 is 0 Å². The van der Waals surface area contributed by atoms with Crippen LogP contribution in [-0.4, -0.2) is 59.0 Å². The van der Waals surface area contributed by atoms with Crippen LogP contribution in [0.3, 0.4) is 0 Å². The zero-order valence-electron chi connectivity index (χ0n) is 16.8. The van der Waals surface area contributed by atoms with Gasteiger partial charge in [0.05, 0.1) is 5.92 Å². The second-order valence-electron chi connectivity index (χ2n) is 7.91. The van der Waals surface area contributed by atoms with E-state index in [9.17, 15) is 19.5 Å². The molecule has 1 heterocycles. The van der Waals surface area contributed by atoms with Gasteiger partial charge in [-0.3, -0.25) is 14.4 Å². The molecule has 154 valence electrons. The van der Waals surface area contributed by atoms with E-state index in [0.717, 1.165) is 0 Å². The predicted octanol–water partition coefficient (Wildman–Crippen LogP) is 1.04. The Balaban J connectivity index is 1.69. The molecule has 2 unspecified atom stereocenters. The first-order chi connectivity index (χ1) is 13.1. The van der Waals surface area contributed by atoms with Gasteiger partial charge in [0.1, 0.15) is 11.5 Å². The average Bonchev–Trinajstić information content (AvgIpc) is 3.02. The smallest absolute Gasteiger partial charge is 0.260 e. The van der Waals surface area contributed by atoms with Crippen molar-refractivity contribution in [3.63, 3.8) is 0 Å². The van der Waals surface area contributed by atoms with Gasteiger partial charge in [0, 0.05) is 31.6 Å². The summed E-state index contributed by atoms with van der Waals surface area (Å²) >= 11 is 0. The fourth-order valence-electron chi connectivity index (χ4n) is 2.97. The standard InChI is InChI=1S/C20H29N3O5/c1-13(28-16-7-5-15(24)6-8-16)18(26)21-9-10-22-19(27)14-11-17(25)23(12-14)20(2,3)4/h5-8,13-14,24H,9-12H2,1-4H3,(H,21,26)(H,22,27). The van der Waals surface area contributed by atoms with Gasteiger partial charge in [0.2, 0.25) is 11.8 Å². The minimum absolute atomic E-state index is 0.0128. The van der Waals surface area contributed by atoms with Crippen molar-refractivity contribution in [1.29, 1.82) is 0 Å². The van der Waals surface area contributed by atoms with Crippen molar-refractivity contribution in [2.24, 2.45) is 5.92 Å². The molecule has 3 N–H and O–H groups in total. The Kier molecular flexibility index (Phi) is 6.88. The Morgan fingerprint density at radius 1 is 1.21 bits per heavy atom. The molecule has 28 heavy (non-hydrogen) atoms. The molecular weight excluding hydrogens is 362 g/mol. The van der Waals surface area contributed by atoms with Crippen LogP contribution in [0.4, 0.5) is 0 Å². The van der Waals surface area contributed by atoms with Gasteiger partial charge < -0.3 is 25.4 Å². The zero-order valence-corrected chi connectivity index (χ0v) is 16.8. The number of carbonyl (C=O) groups excluding carboxylic acids is 3.